The number of methoxy groups -OCH3 is 1. The van der Waals surface area contributed by atoms with Crippen molar-refractivity contribution in [3.05, 3.63) is 71.6 Å². The van der Waals surface area contributed by atoms with E-state index in [1.54, 1.807) is 17.9 Å². The zero-order valence-corrected chi connectivity index (χ0v) is 30.4. The van der Waals surface area contributed by atoms with Crippen molar-refractivity contribution in [2.75, 3.05) is 37.9 Å². The van der Waals surface area contributed by atoms with Crippen LogP contribution in [0.15, 0.2) is 59.6 Å². The van der Waals surface area contributed by atoms with Crippen molar-refractivity contribution in [3.8, 4) is 11.5 Å². The van der Waals surface area contributed by atoms with Crippen LogP contribution in [0.4, 0.5) is 11.4 Å². The first kappa shape index (κ1) is 35.6. The van der Waals surface area contributed by atoms with E-state index in [1.807, 2.05) is 78.6 Å². The predicted molar refractivity (Wildman–Crippen MR) is 192 cm³/mol. The molecule has 0 aliphatic heterocycles. The number of fused-ring (bicyclic) bond motifs is 1. The van der Waals surface area contributed by atoms with Crippen molar-refractivity contribution in [1.29, 1.82) is 0 Å². The average Bonchev–Trinajstić information content (AvgIpc) is 3.53. The first-order valence-electron chi connectivity index (χ1n) is 16.2. The number of allylic oxidation sites excluding steroid dienone is 1. The van der Waals surface area contributed by atoms with Gasteiger partial charge < -0.3 is 34.1 Å². The van der Waals surface area contributed by atoms with Gasteiger partial charge in [-0.25, -0.2) is 0 Å². The zero-order chi connectivity index (χ0) is 34.4. The van der Waals surface area contributed by atoms with E-state index < -0.39 is 8.32 Å². The molecule has 0 spiro atoms. The van der Waals surface area contributed by atoms with Gasteiger partial charge in [0.2, 0.25) is 5.62 Å². The van der Waals surface area contributed by atoms with Crippen molar-refractivity contribution in [1.82, 2.24) is 18.9 Å². The highest BCUT2D eigenvalue weighted by atomic mass is 28.4. The summed E-state index contributed by atoms with van der Waals surface area (Å²) in [5, 5.41) is 8.01. The second-order valence-electron chi connectivity index (χ2n) is 13.1. The molecule has 2 aromatic heterocycles. The molecular weight excluding hydrogens is 611 g/mol. The summed E-state index contributed by atoms with van der Waals surface area (Å²) in [4.78, 5) is 18.0. The third kappa shape index (κ3) is 8.17. The van der Waals surface area contributed by atoms with E-state index >= 15 is 0 Å². The van der Waals surface area contributed by atoms with Gasteiger partial charge in [-0.3, -0.25) is 9.48 Å². The minimum Gasteiger partial charge on any atom is -0.494 e. The van der Waals surface area contributed by atoms with Crippen molar-refractivity contribution >= 4 is 36.6 Å². The number of aromatic nitrogens is 4. The second-order valence-corrected chi connectivity index (χ2v) is 17.9. The number of nitrogens with two attached hydrogens (primary N) is 1. The van der Waals surface area contributed by atoms with Gasteiger partial charge in [-0.05, 0) is 62.3 Å². The number of benzene rings is 2. The number of carbonyl (C=O) groups is 1. The molecule has 11 nitrogen and oxygen atoms in total. The number of amides is 1. The van der Waals surface area contributed by atoms with Crippen LogP contribution in [0.25, 0.3) is 11.0 Å². The van der Waals surface area contributed by atoms with Crippen LogP contribution in [-0.2, 0) is 24.6 Å². The topological polar surface area (TPSA) is 123 Å². The average molecular weight is 662 g/mol. The Morgan fingerprint density at radius 1 is 1.11 bits per heavy atom. The van der Waals surface area contributed by atoms with Crippen molar-refractivity contribution < 1.29 is 18.7 Å². The fourth-order valence-corrected chi connectivity index (χ4v) is 6.18. The third-order valence-electron chi connectivity index (χ3n) is 8.72. The van der Waals surface area contributed by atoms with Gasteiger partial charge in [0, 0.05) is 39.7 Å². The molecule has 0 saturated heterocycles. The quantitative estimate of drug-likeness (QED) is 0.0704. The Kier molecular flexibility index (Phi) is 11.4. The maximum atomic E-state index is 13.4. The number of anilines is 2. The molecule has 0 fully saturated rings. The molecule has 0 atom stereocenters. The molecule has 0 unspecified atom stereocenters. The van der Waals surface area contributed by atoms with E-state index in [4.69, 9.17) is 19.6 Å². The Labute approximate surface area is 279 Å². The molecule has 0 bridgehead atoms. The highest BCUT2D eigenvalue weighted by molar-refractivity contribution is 6.74. The molecule has 47 heavy (non-hydrogen) atoms. The number of ether oxygens (including phenoxy) is 2. The number of imidazole rings is 1. The van der Waals surface area contributed by atoms with Crippen LogP contribution >= 0.6 is 0 Å². The van der Waals surface area contributed by atoms with E-state index in [-0.39, 0.29) is 10.9 Å². The van der Waals surface area contributed by atoms with Crippen molar-refractivity contribution in [3.63, 3.8) is 0 Å². The van der Waals surface area contributed by atoms with Crippen LogP contribution in [0.2, 0.25) is 18.1 Å². The highest BCUT2D eigenvalue weighted by Gasteiger charge is 2.36. The number of hydrogen-bond donors (Lipinski definition) is 2. The van der Waals surface area contributed by atoms with E-state index in [0.29, 0.717) is 61.3 Å². The van der Waals surface area contributed by atoms with E-state index in [2.05, 4.69) is 49.3 Å². The minimum atomic E-state index is -1.79. The van der Waals surface area contributed by atoms with Crippen molar-refractivity contribution in [2.45, 2.75) is 72.3 Å². The molecule has 4 aromatic rings. The highest BCUT2D eigenvalue weighted by Crippen LogP contribution is 2.36. The molecule has 0 saturated carbocycles. The third-order valence-corrected chi connectivity index (χ3v) is 13.3. The van der Waals surface area contributed by atoms with E-state index in [0.717, 1.165) is 28.8 Å². The molecule has 12 heteroatoms. The molecule has 0 radical (unpaired) electrons. The van der Waals surface area contributed by atoms with Crippen LogP contribution in [0.5, 0.6) is 11.5 Å². The van der Waals surface area contributed by atoms with Crippen LogP contribution < -0.4 is 26.1 Å². The Bertz CT molecular complexity index is 1790. The SMILES string of the molecule is CCn1nc(C)cc1C(=O)N=c1n(C)c2cccc(OC)c2n1C/C=C/CNc1c(N)cccc1OCCCO[Si](C)(C)C(C)(C)C. The van der Waals surface area contributed by atoms with Gasteiger partial charge >= 0.3 is 0 Å². The number of carbonyl (C=O) groups excluding carboxylic acids is 1. The summed E-state index contributed by atoms with van der Waals surface area (Å²) in [6.45, 7) is 17.8. The number of hydrogen-bond acceptors (Lipinski definition) is 7. The molecule has 254 valence electrons. The second kappa shape index (κ2) is 15.1. The van der Waals surface area contributed by atoms with E-state index in [1.165, 1.54) is 0 Å². The molecule has 2 aromatic carbocycles. The molecule has 3 N–H and O–H groups in total. The number of nitrogens with zero attached hydrogens (tertiary/aromatic N) is 5. The molecule has 4 rings (SSSR count). The van der Waals surface area contributed by atoms with Crippen LogP contribution in [0.3, 0.4) is 0 Å². The van der Waals surface area contributed by atoms with Gasteiger partial charge in [-0.1, -0.05) is 45.1 Å². The van der Waals surface area contributed by atoms with Crippen molar-refractivity contribution in [2.24, 2.45) is 12.0 Å². The lowest BCUT2D eigenvalue weighted by Crippen LogP contribution is -2.41. The van der Waals surface area contributed by atoms with Gasteiger partial charge in [0.15, 0.2) is 8.32 Å². The summed E-state index contributed by atoms with van der Waals surface area (Å²) in [7, 11) is 1.75. The van der Waals surface area contributed by atoms with Gasteiger partial charge in [0.1, 0.15) is 28.4 Å². The van der Waals surface area contributed by atoms with Gasteiger partial charge in [-0.2, -0.15) is 10.1 Å². The monoisotopic (exact) mass is 661 g/mol. The number of rotatable bonds is 14. The molecule has 0 aliphatic carbocycles. The first-order valence-corrected chi connectivity index (χ1v) is 19.1. The van der Waals surface area contributed by atoms with Crippen LogP contribution in [0.1, 0.15) is 50.3 Å². The Morgan fingerprint density at radius 2 is 1.83 bits per heavy atom. The summed E-state index contributed by atoms with van der Waals surface area (Å²) < 4.78 is 23.7. The number of nitrogens with one attached hydrogen (secondary N) is 1. The maximum Gasteiger partial charge on any atom is 0.298 e. The fourth-order valence-electron chi connectivity index (χ4n) is 5.09. The first-order chi connectivity index (χ1) is 22.3. The lowest BCUT2D eigenvalue weighted by Gasteiger charge is -2.36. The lowest BCUT2D eigenvalue weighted by atomic mass is 10.2. The predicted octanol–water partition coefficient (Wildman–Crippen LogP) is 6.30. The Morgan fingerprint density at radius 3 is 2.53 bits per heavy atom. The summed E-state index contributed by atoms with van der Waals surface area (Å²) in [6, 6.07) is 13.3. The van der Waals surface area contributed by atoms with Gasteiger partial charge in [-0.15, -0.1) is 0 Å². The smallest absolute Gasteiger partial charge is 0.298 e. The van der Waals surface area contributed by atoms with Crippen LogP contribution in [-0.4, -0.2) is 60.0 Å². The molecular formula is C35H51N7O4Si. The number of para-hydroxylation sites is 2. The number of nitrogen functional groups attached to an aromatic ring is 1. The summed E-state index contributed by atoms with van der Waals surface area (Å²) in [6.07, 6.45) is 4.84. The van der Waals surface area contributed by atoms with Gasteiger partial charge in [0.05, 0.1) is 30.6 Å². The lowest BCUT2D eigenvalue weighted by molar-refractivity contribution is 0.0985. The molecule has 0 aliphatic rings. The fraction of sp³-hybridized carbons (Fsp3) is 0.457. The van der Waals surface area contributed by atoms with Gasteiger partial charge in [0.25, 0.3) is 5.91 Å². The molecule has 2 heterocycles. The summed E-state index contributed by atoms with van der Waals surface area (Å²) in [5.41, 5.74) is 11.2. The Hall–Kier alpha value is -4.29. The number of aryl methyl sites for hydroxylation is 3. The van der Waals surface area contributed by atoms with E-state index in [9.17, 15) is 4.79 Å². The summed E-state index contributed by atoms with van der Waals surface area (Å²) in [5.74, 6) is 1.05. The normalized spacial score (nSPS) is 12.7. The standard InChI is InChI=1S/C35H51N7O4Si/c1-10-42-28(24-25(2)39-42)33(43)38-34-40(6)27-17-14-19-30(44-7)32(27)41(34)21-12-11-20-37-31-26(36)16-13-18-29(31)45-22-15-23-46-47(8,9)35(3,4)5/h11-14,16-19,24,37H,10,15,20-23,36H2,1-9H3/b12-11+,38-34?. The minimum absolute atomic E-state index is 0.177. The molecule has 1 amide bonds. The van der Waals surface area contributed by atoms with Crippen LogP contribution in [0, 0.1) is 6.92 Å². The summed E-state index contributed by atoms with van der Waals surface area (Å²) >= 11 is 0. The zero-order valence-electron chi connectivity index (χ0n) is 29.4. The largest absolute Gasteiger partial charge is 0.494 e. The Balaban J connectivity index is 1.49. The maximum absolute atomic E-state index is 13.4.